The monoisotopic (exact) mass is 449 g/mol. The number of halogens is 3. The molecule has 4 aromatic rings. The number of fused-ring (bicyclic) bond motifs is 1. The van der Waals surface area contributed by atoms with Crippen LogP contribution in [-0.4, -0.2) is 10.9 Å². The molecule has 0 radical (unpaired) electrons. The van der Waals surface area contributed by atoms with Crippen molar-refractivity contribution in [3.8, 4) is 11.1 Å². The first kappa shape index (κ1) is 22.3. The Bertz CT molecular complexity index is 1310. The van der Waals surface area contributed by atoms with E-state index in [-0.39, 0.29) is 11.9 Å². The van der Waals surface area contributed by atoms with Gasteiger partial charge in [-0.3, -0.25) is 4.79 Å². The Hall–Kier alpha value is -3.87. The molecule has 4 rings (SSSR count). The van der Waals surface area contributed by atoms with Gasteiger partial charge in [0.1, 0.15) is 5.82 Å². The van der Waals surface area contributed by atoms with E-state index in [4.69, 9.17) is 5.73 Å². The molecule has 0 aliphatic heterocycles. The molecule has 4 nitrogen and oxygen atoms in total. The minimum Gasteiger partial charge on any atom is -0.383 e. The van der Waals surface area contributed by atoms with Gasteiger partial charge in [-0.1, -0.05) is 36.4 Å². The number of nitrogens with zero attached hydrogens (tertiary/aromatic N) is 1. The summed E-state index contributed by atoms with van der Waals surface area (Å²) in [6.07, 6.45) is -2.75. The predicted octanol–water partition coefficient (Wildman–Crippen LogP) is 6.30. The number of rotatable bonds is 4. The highest BCUT2D eigenvalue weighted by Gasteiger charge is 2.30. The molecule has 1 atom stereocenters. The van der Waals surface area contributed by atoms with Crippen molar-refractivity contribution >= 4 is 22.5 Å². The molecule has 168 valence electrons. The summed E-state index contributed by atoms with van der Waals surface area (Å²) in [6, 6.07) is 17.4. The average Bonchev–Trinajstić information content (AvgIpc) is 2.77. The number of anilines is 1. The Kier molecular flexibility index (Phi) is 5.80. The highest BCUT2D eigenvalue weighted by molar-refractivity contribution is 6.02. The standard InChI is InChI=1S/C26H22F3N3O/c1-15-12-13-31-24(30)23(15)16(2)32-25(33)19-8-11-22-18(14-19)4-3-5-21(22)17-6-9-20(10-7-17)26(27,28)29/h3-14,16H,1-2H3,(H2,30,31)(H,32,33). The van der Waals surface area contributed by atoms with Gasteiger partial charge in [-0.05, 0) is 71.6 Å². The largest absolute Gasteiger partial charge is 0.416 e. The molecule has 3 aromatic carbocycles. The Balaban J connectivity index is 1.62. The molecule has 3 N–H and O–H groups in total. The van der Waals surface area contributed by atoms with E-state index in [2.05, 4.69) is 10.3 Å². The molecular formula is C26H22F3N3O. The van der Waals surface area contributed by atoms with Crippen LogP contribution in [0.2, 0.25) is 0 Å². The number of hydrogen-bond donors (Lipinski definition) is 2. The molecule has 1 amide bonds. The maximum absolute atomic E-state index is 12.9. The van der Waals surface area contributed by atoms with Crippen LogP contribution in [0.1, 0.15) is 40.0 Å². The average molecular weight is 449 g/mol. The Morgan fingerprint density at radius 3 is 2.42 bits per heavy atom. The van der Waals surface area contributed by atoms with Crippen molar-refractivity contribution in [1.82, 2.24) is 10.3 Å². The lowest BCUT2D eigenvalue weighted by Gasteiger charge is -2.18. The van der Waals surface area contributed by atoms with Gasteiger partial charge in [0, 0.05) is 17.3 Å². The van der Waals surface area contributed by atoms with Crippen molar-refractivity contribution in [1.29, 1.82) is 0 Å². The van der Waals surface area contributed by atoms with Crippen molar-refractivity contribution in [3.05, 3.63) is 95.2 Å². The summed E-state index contributed by atoms with van der Waals surface area (Å²) >= 11 is 0. The van der Waals surface area contributed by atoms with Crippen LogP contribution in [0.3, 0.4) is 0 Å². The molecule has 0 aliphatic carbocycles. The maximum atomic E-state index is 12.9. The van der Waals surface area contributed by atoms with Gasteiger partial charge in [0.25, 0.3) is 5.91 Å². The molecule has 0 aliphatic rings. The molecule has 1 unspecified atom stereocenters. The third-order valence-corrected chi connectivity index (χ3v) is 5.69. The highest BCUT2D eigenvalue weighted by Crippen LogP contribution is 2.33. The van der Waals surface area contributed by atoms with Crippen molar-refractivity contribution in [3.63, 3.8) is 0 Å². The number of nitrogens with two attached hydrogens (primary N) is 1. The lowest BCUT2D eigenvalue weighted by Crippen LogP contribution is -2.28. The Morgan fingerprint density at radius 1 is 1.03 bits per heavy atom. The number of carbonyl (C=O) groups excluding carboxylic acids is 1. The smallest absolute Gasteiger partial charge is 0.383 e. The lowest BCUT2D eigenvalue weighted by molar-refractivity contribution is -0.137. The second-order valence-corrected chi connectivity index (χ2v) is 7.94. The lowest BCUT2D eigenvalue weighted by atomic mass is 9.96. The van der Waals surface area contributed by atoms with Gasteiger partial charge >= 0.3 is 6.18 Å². The van der Waals surface area contributed by atoms with Crippen LogP contribution in [0, 0.1) is 6.92 Å². The fraction of sp³-hybridized carbons (Fsp3) is 0.154. The van der Waals surface area contributed by atoms with Crippen LogP contribution in [0.5, 0.6) is 0 Å². The molecule has 33 heavy (non-hydrogen) atoms. The van der Waals surface area contributed by atoms with Crippen LogP contribution < -0.4 is 11.1 Å². The topological polar surface area (TPSA) is 68.0 Å². The molecule has 1 aromatic heterocycles. The number of alkyl halides is 3. The fourth-order valence-electron chi connectivity index (χ4n) is 4.02. The number of amides is 1. The van der Waals surface area contributed by atoms with Gasteiger partial charge in [0.05, 0.1) is 11.6 Å². The molecule has 0 spiro atoms. The zero-order valence-corrected chi connectivity index (χ0v) is 18.1. The number of nitrogens with one attached hydrogen (secondary N) is 1. The molecular weight excluding hydrogens is 427 g/mol. The van der Waals surface area contributed by atoms with Crippen LogP contribution in [-0.2, 0) is 6.18 Å². The first-order chi connectivity index (χ1) is 15.6. The second-order valence-electron chi connectivity index (χ2n) is 7.94. The van der Waals surface area contributed by atoms with Gasteiger partial charge in [0.15, 0.2) is 0 Å². The number of nitrogen functional groups attached to an aromatic ring is 1. The maximum Gasteiger partial charge on any atom is 0.416 e. The van der Waals surface area contributed by atoms with Gasteiger partial charge < -0.3 is 11.1 Å². The summed E-state index contributed by atoms with van der Waals surface area (Å²) < 4.78 is 38.7. The summed E-state index contributed by atoms with van der Waals surface area (Å²) in [5.41, 5.74) is 8.95. The number of hydrogen-bond acceptors (Lipinski definition) is 3. The van der Waals surface area contributed by atoms with Crippen molar-refractivity contribution in [2.45, 2.75) is 26.1 Å². The second kappa shape index (κ2) is 8.58. The summed E-state index contributed by atoms with van der Waals surface area (Å²) in [7, 11) is 0. The number of aryl methyl sites for hydroxylation is 1. The predicted molar refractivity (Wildman–Crippen MR) is 124 cm³/mol. The van der Waals surface area contributed by atoms with Gasteiger partial charge in [-0.15, -0.1) is 0 Å². The molecule has 0 fully saturated rings. The molecule has 0 saturated heterocycles. The van der Waals surface area contributed by atoms with Gasteiger partial charge in [-0.2, -0.15) is 13.2 Å². The van der Waals surface area contributed by atoms with Gasteiger partial charge in [0.2, 0.25) is 0 Å². The number of benzene rings is 3. The molecule has 0 saturated carbocycles. The van der Waals surface area contributed by atoms with Crippen molar-refractivity contribution in [2.24, 2.45) is 0 Å². The summed E-state index contributed by atoms with van der Waals surface area (Å²) in [4.78, 5) is 17.0. The minimum absolute atomic E-state index is 0.257. The number of pyridine rings is 1. The Morgan fingerprint density at radius 2 is 1.76 bits per heavy atom. The van der Waals surface area contributed by atoms with E-state index in [1.54, 1.807) is 18.3 Å². The van der Waals surface area contributed by atoms with E-state index in [1.807, 2.05) is 44.2 Å². The number of aromatic nitrogens is 1. The van der Waals surface area contributed by atoms with Crippen LogP contribution >= 0.6 is 0 Å². The summed E-state index contributed by atoms with van der Waals surface area (Å²) in [6.45, 7) is 3.76. The molecule has 7 heteroatoms. The third kappa shape index (κ3) is 4.53. The number of carbonyl (C=O) groups is 1. The zero-order chi connectivity index (χ0) is 23.8. The zero-order valence-electron chi connectivity index (χ0n) is 18.1. The summed E-state index contributed by atoms with van der Waals surface area (Å²) in [5, 5.41) is 4.61. The van der Waals surface area contributed by atoms with E-state index < -0.39 is 11.7 Å². The quantitative estimate of drug-likeness (QED) is 0.384. The van der Waals surface area contributed by atoms with Gasteiger partial charge in [-0.25, -0.2) is 4.98 Å². The summed E-state index contributed by atoms with van der Waals surface area (Å²) in [5.74, 6) is 0.120. The van der Waals surface area contributed by atoms with E-state index >= 15 is 0 Å². The van der Waals surface area contributed by atoms with Crippen LogP contribution in [0.25, 0.3) is 21.9 Å². The first-order valence-electron chi connectivity index (χ1n) is 10.4. The normalized spacial score (nSPS) is 12.5. The fourth-order valence-corrected chi connectivity index (χ4v) is 4.02. The van der Waals surface area contributed by atoms with Crippen LogP contribution in [0.4, 0.5) is 19.0 Å². The van der Waals surface area contributed by atoms with Crippen molar-refractivity contribution in [2.75, 3.05) is 5.73 Å². The molecule has 1 heterocycles. The van der Waals surface area contributed by atoms with Crippen molar-refractivity contribution < 1.29 is 18.0 Å². The van der Waals surface area contributed by atoms with E-state index in [0.717, 1.165) is 39.6 Å². The SMILES string of the molecule is Cc1ccnc(N)c1C(C)NC(=O)c1ccc2c(-c3ccc(C(F)(F)F)cc3)cccc2c1. The molecule has 0 bridgehead atoms. The minimum atomic E-state index is -4.38. The van der Waals surface area contributed by atoms with E-state index in [0.29, 0.717) is 16.9 Å². The first-order valence-corrected chi connectivity index (χ1v) is 10.4. The highest BCUT2D eigenvalue weighted by atomic mass is 19.4. The third-order valence-electron chi connectivity index (χ3n) is 5.69. The van der Waals surface area contributed by atoms with Crippen LogP contribution in [0.15, 0.2) is 72.9 Å². The van der Waals surface area contributed by atoms with E-state index in [9.17, 15) is 18.0 Å². The Labute approximate surface area is 189 Å². The van der Waals surface area contributed by atoms with E-state index in [1.165, 1.54) is 12.1 Å².